The first-order valence-corrected chi connectivity index (χ1v) is 10.9. The summed E-state index contributed by atoms with van der Waals surface area (Å²) in [6.07, 6.45) is 0.868. The fraction of sp³-hybridized carbons (Fsp3) is 0.440. The maximum absolute atomic E-state index is 11.3. The lowest BCUT2D eigenvalue weighted by atomic mass is 9.92. The van der Waals surface area contributed by atoms with Crippen LogP contribution in [0.3, 0.4) is 0 Å². The number of anilines is 3. The number of benzene rings is 2. The zero-order chi connectivity index (χ0) is 22.4. The number of morpholine rings is 1. The Morgan fingerprint density at radius 1 is 1.29 bits per heavy atom. The third-order valence-electron chi connectivity index (χ3n) is 5.94. The SMILES string of the molecule is CCC(CC(=O)O)c1ccc(N2CCOC[C@H]2C(C)C)c(Nc2ccc(C#N)cc2)c1. The van der Waals surface area contributed by atoms with E-state index in [-0.39, 0.29) is 18.4 Å². The average Bonchev–Trinajstić information content (AvgIpc) is 2.78. The van der Waals surface area contributed by atoms with Gasteiger partial charge in [0, 0.05) is 12.2 Å². The molecule has 1 fully saturated rings. The van der Waals surface area contributed by atoms with Gasteiger partial charge < -0.3 is 20.1 Å². The molecule has 6 heteroatoms. The van der Waals surface area contributed by atoms with Gasteiger partial charge in [0.2, 0.25) is 0 Å². The number of ether oxygens (including phenoxy) is 1. The van der Waals surface area contributed by atoms with Gasteiger partial charge in [0.1, 0.15) is 0 Å². The van der Waals surface area contributed by atoms with Gasteiger partial charge in [-0.15, -0.1) is 0 Å². The van der Waals surface area contributed by atoms with E-state index in [9.17, 15) is 9.90 Å². The molecular weight excluding hydrogens is 390 g/mol. The Labute approximate surface area is 184 Å². The molecular formula is C25H31N3O3. The average molecular weight is 422 g/mol. The van der Waals surface area contributed by atoms with Crippen molar-refractivity contribution in [2.75, 3.05) is 30.0 Å². The highest BCUT2D eigenvalue weighted by Crippen LogP contribution is 2.36. The van der Waals surface area contributed by atoms with E-state index in [1.165, 1.54) is 0 Å². The molecule has 0 radical (unpaired) electrons. The first-order chi connectivity index (χ1) is 14.9. The molecule has 2 aromatic carbocycles. The molecule has 2 atom stereocenters. The molecule has 6 nitrogen and oxygen atoms in total. The van der Waals surface area contributed by atoms with Gasteiger partial charge in [-0.1, -0.05) is 26.8 Å². The predicted octanol–water partition coefficient (Wildman–Crippen LogP) is 5.13. The van der Waals surface area contributed by atoms with Crippen molar-refractivity contribution in [3.05, 3.63) is 53.6 Å². The van der Waals surface area contributed by atoms with Crippen molar-refractivity contribution >= 4 is 23.0 Å². The second kappa shape index (κ2) is 10.3. The fourth-order valence-corrected chi connectivity index (χ4v) is 4.12. The number of carbonyl (C=O) groups is 1. The number of hydrogen-bond acceptors (Lipinski definition) is 5. The summed E-state index contributed by atoms with van der Waals surface area (Å²) in [5.41, 5.74) is 4.54. The van der Waals surface area contributed by atoms with E-state index in [4.69, 9.17) is 10.00 Å². The van der Waals surface area contributed by atoms with Crippen molar-refractivity contribution in [2.24, 2.45) is 5.92 Å². The Hall–Kier alpha value is -3.04. The summed E-state index contributed by atoms with van der Waals surface area (Å²) < 4.78 is 5.74. The Bertz CT molecular complexity index is 934. The van der Waals surface area contributed by atoms with Crippen molar-refractivity contribution in [3.63, 3.8) is 0 Å². The van der Waals surface area contributed by atoms with Gasteiger partial charge in [0.15, 0.2) is 0 Å². The summed E-state index contributed by atoms with van der Waals surface area (Å²) in [6.45, 7) is 8.59. The number of nitriles is 1. The van der Waals surface area contributed by atoms with Crippen LogP contribution >= 0.6 is 0 Å². The van der Waals surface area contributed by atoms with E-state index < -0.39 is 5.97 Å². The van der Waals surface area contributed by atoms with E-state index in [0.29, 0.717) is 24.7 Å². The molecule has 1 aliphatic rings. The molecule has 1 saturated heterocycles. The van der Waals surface area contributed by atoms with Crippen LogP contribution in [0.15, 0.2) is 42.5 Å². The predicted molar refractivity (Wildman–Crippen MR) is 123 cm³/mol. The Balaban J connectivity index is 2.01. The summed E-state index contributed by atoms with van der Waals surface area (Å²) in [5.74, 6) is -0.401. The van der Waals surface area contributed by atoms with Crippen molar-refractivity contribution in [3.8, 4) is 6.07 Å². The molecule has 0 spiro atoms. The molecule has 31 heavy (non-hydrogen) atoms. The topological polar surface area (TPSA) is 85.6 Å². The van der Waals surface area contributed by atoms with Crippen LogP contribution in [0.5, 0.6) is 0 Å². The quantitative estimate of drug-likeness (QED) is 0.614. The molecule has 2 N–H and O–H groups in total. The summed E-state index contributed by atoms with van der Waals surface area (Å²) in [4.78, 5) is 13.7. The normalized spacial score (nSPS) is 17.3. The molecule has 0 aliphatic carbocycles. The molecule has 0 aromatic heterocycles. The summed E-state index contributed by atoms with van der Waals surface area (Å²) in [7, 11) is 0. The minimum atomic E-state index is -0.787. The summed E-state index contributed by atoms with van der Waals surface area (Å²) >= 11 is 0. The molecule has 3 rings (SSSR count). The van der Waals surface area contributed by atoms with Crippen LogP contribution in [0.4, 0.5) is 17.1 Å². The fourth-order valence-electron chi connectivity index (χ4n) is 4.12. The van der Waals surface area contributed by atoms with Gasteiger partial charge in [-0.25, -0.2) is 0 Å². The smallest absolute Gasteiger partial charge is 0.303 e. The number of rotatable bonds is 8. The summed E-state index contributed by atoms with van der Waals surface area (Å²) in [6, 6.07) is 16.0. The minimum Gasteiger partial charge on any atom is -0.481 e. The van der Waals surface area contributed by atoms with Crippen molar-refractivity contribution < 1.29 is 14.6 Å². The molecule has 164 valence electrons. The molecule has 0 amide bonds. The second-order valence-corrected chi connectivity index (χ2v) is 8.37. The van der Waals surface area contributed by atoms with E-state index in [1.807, 2.05) is 19.1 Å². The summed E-state index contributed by atoms with van der Waals surface area (Å²) in [5, 5.41) is 21.9. The third-order valence-corrected chi connectivity index (χ3v) is 5.94. The standard InChI is InChI=1S/C25H31N3O3/c1-4-19(14-25(29)30)20-7-10-23(28-11-12-31-16-24(28)17(2)3)22(13-20)27-21-8-5-18(15-26)6-9-21/h5-10,13,17,19,24,27H,4,11-12,14,16H2,1-3H3,(H,29,30)/t19?,24-/m0/s1. The second-order valence-electron chi connectivity index (χ2n) is 8.37. The van der Waals surface area contributed by atoms with Gasteiger partial charge >= 0.3 is 5.97 Å². The zero-order valence-corrected chi connectivity index (χ0v) is 18.5. The highest BCUT2D eigenvalue weighted by Gasteiger charge is 2.28. The first kappa shape index (κ1) is 22.6. The van der Waals surface area contributed by atoms with Crippen LogP contribution in [0, 0.1) is 17.2 Å². The number of nitrogens with zero attached hydrogens (tertiary/aromatic N) is 2. The van der Waals surface area contributed by atoms with Crippen LogP contribution in [-0.2, 0) is 9.53 Å². The molecule has 1 heterocycles. The number of aliphatic carboxylic acids is 1. The molecule has 0 saturated carbocycles. The molecule has 0 bridgehead atoms. The largest absolute Gasteiger partial charge is 0.481 e. The van der Waals surface area contributed by atoms with Gasteiger partial charge in [-0.05, 0) is 60.2 Å². The number of nitrogens with one attached hydrogen (secondary N) is 1. The third kappa shape index (κ3) is 5.56. The highest BCUT2D eigenvalue weighted by atomic mass is 16.5. The monoisotopic (exact) mass is 421 g/mol. The van der Waals surface area contributed by atoms with Crippen LogP contribution in [0.2, 0.25) is 0 Å². The van der Waals surface area contributed by atoms with Crippen LogP contribution in [-0.4, -0.2) is 36.9 Å². The Morgan fingerprint density at radius 2 is 2.03 bits per heavy atom. The molecule has 2 aromatic rings. The number of carboxylic acid groups (broad SMARTS) is 1. The first-order valence-electron chi connectivity index (χ1n) is 10.9. The highest BCUT2D eigenvalue weighted by molar-refractivity contribution is 5.77. The van der Waals surface area contributed by atoms with Crippen LogP contribution in [0.25, 0.3) is 0 Å². The maximum atomic E-state index is 11.3. The van der Waals surface area contributed by atoms with Crippen LogP contribution in [0.1, 0.15) is 50.7 Å². The van der Waals surface area contributed by atoms with Gasteiger partial charge in [-0.2, -0.15) is 5.26 Å². The van der Waals surface area contributed by atoms with E-state index in [1.54, 1.807) is 12.1 Å². The van der Waals surface area contributed by atoms with Crippen molar-refractivity contribution in [1.82, 2.24) is 0 Å². The number of carboxylic acids is 1. The number of hydrogen-bond donors (Lipinski definition) is 2. The van der Waals surface area contributed by atoms with Gasteiger partial charge in [0.05, 0.1) is 48.7 Å². The van der Waals surface area contributed by atoms with Gasteiger partial charge in [0.25, 0.3) is 0 Å². The van der Waals surface area contributed by atoms with Crippen molar-refractivity contribution in [2.45, 2.75) is 45.6 Å². The molecule has 1 aliphatic heterocycles. The van der Waals surface area contributed by atoms with E-state index in [0.717, 1.165) is 35.6 Å². The Morgan fingerprint density at radius 3 is 2.65 bits per heavy atom. The van der Waals surface area contributed by atoms with Gasteiger partial charge in [-0.3, -0.25) is 4.79 Å². The zero-order valence-electron chi connectivity index (χ0n) is 18.5. The lowest BCUT2D eigenvalue weighted by Crippen LogP contribution is -2.48. The maximum Gasteiger partial charge on any atom is 0.303 e. The minimum absolute atomic E-state index is 0.0429. The van der Waals surface area contributed by atoms with E-state index >= 15 is 0 Å². The lowest BCUT2D eigenvalue weighted by molar-refractivity contribution is -0.137. The van der Waals surface area contributed by atoms with Crippen molar-refractivity contribution in [1.29, 1.82) is 5.26 Å². The molecule has 1 unspecified atom stereocenters. The van der Waals surface area contributed by atoms with Crippen LogP contribution < -0.4 is 10.2 Å². The lowest BCUT2D eigenvalue weighted by Gasteiger charge is -2.40. The Kier molecular flexibility index (Phi) is 7.54. The van der Waals surface area contributed by atoms with E-state index in [2.05, 4.69) is 48.3 Å².